The highest BCUT2D eigenvalue weighted by molar-refractivity contribution is 6.73. The van der Waals surface area contributed by atoms with Crippen LogP contribution in [0.4, 0.5) is 4.79 Å². The first-order valence-corrected chi connectivity index (χ1v) is 11.0. The molecule has 7 heteroatoms. The van der Waals surface area contributed by atoms with E-state index in [1.165, 1.54) is 0 Å². The van der Waals surface area contributed by atoms with Crippen LogP contribution in [-0.4, -0.2) is 50.2 Å². The molecule has 0 aromatic heterocycles. The van der Waals surface area contributed by atoms with Gasteiger partial charge in [0.2, 0.25) is 0 Å². The van der Waals surface area contributed by atoms with Gasteiger partial charge in [-0.3, -0.25) is 0 Å². The third-order valence-electron chi connectivity index (χ3n) is 2.17. The molecule has 1 atom stereocenters. The predicted octanol–water partition coefficient (Wildman–Crippen LogP) is 1.28. The Kier molecular flexibility index (Phi) is 6.17. The largest absolute Gasteiger partial charge is 0.508 e. The fourth-order valence-corrected chi connectivity index (χ4v) is 4.78. The molecule has 0 saturated carbocycles. The van der Waals surface area contributed by atoms with Gasteiger partial charge in [-0.05, 0) is 32.1 Å². The zero-order chi connectivity index (χ0) is 12.7. The summed E-state index contributed by atoms with van der Waals surface area (Å²) in [6.07, 6.45) is 0.214. The maximum absolute atomic E-state index is 10.6. The minimum absolute atomic E-state index is 0.224. The molecule has 0 aliphatic carbocycles. The molecule has 5 nitrogen and oxygen atoms in total. The lowest BCUT2D eigenvalue weighted by atomic mass is 10.4. The number of ether oxygens (including phenoxy) is 3. The first kappa shape index (κ1) is 14.7. The van der Waals surface area contributed by atoms with Gasteiger partial charge in [-0.15, -0.1) is 0 Å². The van der Waals surface area contributed by atoms with Crippen LogP contribution in [-0.2, 0) is 18.3 Å². The van der Waals surface area contributed by atoms with Crippen LogP contribution in [0, 0.1) is 0 Å². The molecule has 17 heavy (non-hydrogen) atoms. The molecule has 1 unspecified atom stereocenters. The summed E-state index contributed by atoms with van der Waals surface area (Å²) in [5.74, 6) is 0. The summed E-state index contributed by atoms with van der Waals surface area (Å²) >= 11 is 0. The van der Waals surface area contributed by atoms with E-state index in [0.717, 1.165) is 12.5 Å². The zero-order valence-electron chi connectivity index (χ0n) is 10.9. The number of carbonyl (C=O) groups is 1. The molecule has 0 aromatic carbocycles. The molecule has 1 fully saturated rings. The van der Waals surface area contributed by atoms with E-state index in [4.69, 9.17) is 13.6 Å². The molecular formula is C10H22O5Si2. The monoisotopic (exact) mass is 278 g/mol. The molecular weight excluding hydrogens is 256 g/mol. The normalized spacial score (nSPS) is 20.9. The highest BCUT2D eigenvalue weighted by Gasteiger charge is 2.24. The molecule has 0 spiro atoms. The lowest BCUT2D eigenvalue weighted by Gasteiger charge is -2.17. The van der Waals surface area contributed by atoms with E-state index in [0.29, 0.717) is 19.8 Å². The van der Waals surface area contributed by atoms with Gasteiger partial charge < -0.3 is 18.3 Å². The third kappa shape index (κ3) is 7.53. The Hall–Kier alpha value is -0.376. The summed E-state index contributed by atoms with van der Waals surface area (Å²) in [7, 11) is -1.68. The second-order valence-electron chi connectivity index (χ2n) is 5.04. The van der Waals surface area contributed by atoms with Crippen molar-refractivity contribution in [3.05, 3.63) is 0 Å². The van der Waals surface area contributed by atoms with Gasteiger partial charge in [-0.1, -0.05) is 0 Å². The van der Waals surface area contributed by atoms with E-state index in [2.05, 4.69) is 24.4 Å². The molecule has 0 radical (unpaired) electrons. The van der Waals surface area contributed by atoms with Gasteiger partial charge in [0.1, 0.15) is 16.4 Å². The number of cyclic esters (lactones) is 2. The summed E-state index contributed by atoms with van der Waals surface area (Å²) < 4.78 is 20.8. The van der Waals surface area contributed by atoms with Crippen LogP contribution in [0.15, 0.2) is 0 Å². The van der Waals surface area contributed by atoms with E-state index in [1.807, 2.05) is 0 Å². The Bertz CT molecular complexity index is 241. The topological polar surface area (TPSA) is 54.0 Å². The molecule has 1 saturated heterocycles. The van der Waals surface area contributed by atoms with Crippen molar-refractivity contribution in [3.8, 4) is 0 Å². The maximum atomic E-state index is 10.6. The zero-order valence-corrected chi connectivity index (χ0v) is 13.3. The van der Waals surface area contributed by atoms with Crippen LogP contribution in [0.2, 0.25) is 25.7 Å². The molecule has 0 N–H and O–H groups in total. The quantitative estimate of drug-likeness (QED) is 0.380. The van der Waals surface area contributed by atoms with Crippen molar-refractivity contribution in [2.24, 2.45) is 0 Å². The van der Waals surface area contributed by atoms with Crippen molar-refractivity contribution in [3.63, 3.8) is 0 Å². The van der Waals surface area contributed by atoms with Crippen LogP contribution in [0.3, 0.4) is 0 Å². The summed E-state index contributed by atoms with van der Waals surface area (Å²) in [5.41, 5.74) is 0. The second-order valence-corrected chi connectivity index (χ2v) is 11.5. The summed E-state index contributed by atoms with van der Waals surface area (Å²) in [6, 6.07) is 1.14. The fourth-order valence-electron chi connectivity index (χ4n) is 1.35. The average Bonchev–Trinajstić information content (AvgIpc) is 2.61. The number of rotatable bonds is 8. The molecule has 0 aromatic rings. The Labute approximate surface area is 106 Å². The second kappa shape index (κ2) is 7.15. The minimum atomic E-state index is -1.31. The van der Waals surface area contributed by atoms with Crippen molar-refractivity contribution in [1.29, 1.82) is 0 Å². The van der Waals surface area contributed by atoms with Gasteiger partial charge in [-0.2, -0.15) is 0 Å². The first-order valence-electron chi connectivity index (χ1n) is 6.02. The maximum Gasteiger partial charge on any atom is 0.508 e. The molecule has 0 amide bonds. The molecule has 1 aliphatic heterocycles. The SMILES string of the molecule is C[Si](C)(C)O[SiH2]CCCOCC1COC(=O)O1. The summed E-state index contributed by atoms with van der Waals surface area (Å²) in [6.45, 7) is 8.09. The lowest BCUT2D eigenvalue weighted by Crippen LogP contribution is -2.27. The van der Waals surface area contributed by atoms with Crippen molar-refractivity contribution >= 4 is 24.2 Å². The Morgan fingerprint density at radius 3 is 2.82 bits per heavy atom. The van der Waals surface area contributed by atoms with E-state index >= 15 is 0 Å². The Balaban J connectivity index is 1.86. The van der Waals surface area contributed by atoms with E-state index < -0.39 is 14.5 Å². The average molecular weight is 278 g/mol. The highest BCUT2D eigenvalue weighted by atomic mass is 28.4. The summed E-state index contributed by atoms with van der Waals surface area (Å²) in [5, 5.41) is 0. The highest BCUT2D eigenvalue weighted by Crippen LogP contribution is 2.07. The smallest absolute Gasteiger partial charge is 0.461 e. The van der Waals surface area contributed by atoms with Gasteiger partial charge in [0.05, 0.1) is 6.61 Å². The molecule has 1 heterocycles. The van der Waals surface area contributed by atoms with Gasteiger partial charge in [0, 0.05) is 6.61 Å². The van der Waals surface area contributed by atoms with E-state index in [9.17, 15) is 4.79 Å². The lowest BCUT2D eigenvalue weighted by molar-refractivity contribution is 0.0461. The fraction of sp³-hybridized carbons (Fsp3) is 0.900. The molecule has 0 bridgehead atoms. The molecule has 1 aliphatic rings. The van der Waals surface area contributed by atoms with Crippen molar-refractivity contribution in [2.75, 3.05) is 19.8 Å². The van der Waals surface area contributed by atoms with Crippen LogP contribution >= 0.6 is 0 Å². The Morgan fingerprint density at radius 2 is 2.24 bits per heavy atom. The first-order chi connectivity index (χ1) is 7.97. The molecule has 1 rings (SSSR count). The van der Waals surface area contributed by atoms with Gasteiger partial charge in [0.15, 0.2) is 14.4 Å². The van der Waals surface area contributed by atoms with Crippen molar-refractivity contribution < 1.29 is 23.1 Å². The summed E-state index contributed by atoms with van der Waals surface area (Å²) in [4.78, 5) is 10.6. The van der Waals surface area contributed by atoms with E-state index in [1.54, 1.807) is 0 Å². The number of carbonyl (C=O) groups excluding carboxylic acids is 1. The Morgan fingerprint density at radius 1 is 1.47 bits per heavy atom. The van der Waals surface area contributed by atoms with Gasteiger partial charge in [-0.25, -0.2) is 4.79 Å². The van der Waals surface area contributed by atoms with Crippen molar-refractivity contribution in [2.45, 2.75) is 38.2 Å². The van der Waals surface area contributed by atoms with Crippen LogP contribution in [0.1, 0.15) is 6.42 Å². The van der Waals surface area contributed by atoms with Crippen LogP contribution in [0.25, 0.3) is 0 Å². The van der Waals surface area contributed by atoms with E-state index in [-0.39, 0.29) is 15.9 Å². The van der Waals surface area contributed by atoms with Crippen molar-refractivity contribution in [1.82, 2.24) is 0 Å². The van der Waals surface area contributed by atoms with Crippen LogP contribution in [0.5, 0.6) is 0 Å². The standard InChI is InChI=1S/C10H22O5Si2/c1-17(2,3)15-16-6-4-5-12-7-9-8-13-10(11)14-9/h9H,4-8,16H2,1-3H3. The number of hydrogen-bond acceptors (Lipinski definition) is 5. The van der Waals surface area contributed by atoms with Gasteiger partial charge >= 0.3 is 6.16 Å². The minimum Gasteiger partial charge on any atom is -0.461 e. The van der Waals surface area contributed by atoms with Crippen LogP contribution < -0.4 is 0 Å². The van der Waals surface area contributed by atoms with Gasteiger partial charge in [0.25, 0.3) is 0 Å². The number of hydrogen-bond donors (Lipinski definition) is 0. The predicted molar refractivity (Wildman–Crippen MR) is 69.4 cm³/mol. The third-order valence-corrected chi connectivity index (χ3v) is 7.24. The molecule has 100 valence electrons.